The Morgan fingerprint density at radius 1 is 1.03 bits per heavy atom. The lowest BCUT2D eigenvalue weighted by Gasteiger charge is -2.26. The van der Waals surface area contributed by atoms with E-state index in [1.807, 2.05) is 0 Å². The summed E-state index contributed by atoms with van der Waals surface area (Å²) in [6.07, 6.45) is 3.57. The lowest BCUT2D eigenvalue weighted by atomic mass is 10.2. The number of methoxy groups -OCH3 is 1. The number of sulfonamides is 2. The van der Waals surface area contributed by atoms with Gasteiger partial charge in [0.05, 0.1) is 36.2 Å². The van der Waals surface area contributed by atoms with Crippen molar-refractivity contribution in [2.45, 2.75) is 31.1 Å². The molecule has 0 aromatic heterocycles. The number of hydrogen-bond donors (Lipinski definition) is 1. The highest BCUT2D eigenvalue weighted by atomic mass is 32.2. The van der Waals surface area contributed by atoms with Gasteiger partial charge in [-0.05, 0) is 50.1 Å². The van der Waals surface area contributed by atoms with Crippen LogP contribution >= 0.6 is 0 Å². The second-order valence-electron chi connectivity index (χ2n) is 8.05. The van der Waals surface area contributed by atoms with Gasteiger partial charge in [0.25, 0.3) is 0 Å². The highest BCUT2D eigenvalue weighted by Gasteiger charge is 2.28. The van der Waals surface area contributed by atoms with Crippen LogP contribution in [0.1, 0.15) is 26.2 Å². The first-order chi connectivity index (χ1) is 16.6. The van der Waals surface area contributed by atoms with Crippen LogP contribution in [0.4, 0.5) is 11.4 Å². The predicted octanol–water partition coefficient (Wildman–Crippen LogP) is 2.67. The molecule has 12 heteroatoms. The van der Waals surface area contributed by atoms with Crippen molar-refractivity contribution in [3.05, 3.63) is 42.5 Å². The van der Waals surface area contributed by atoms with Crippen LogP contribution in [0.25, 0.3) is 0 Å². The van der Waals surface area contributed by atoms with Crippen LogP contribution in [0.15, 0.2) is 47.4 Å². The lowest BCUT2D eigenvalue weighted by Crippen LogP contribution is -2.38. The maximum absolute atomic E-state index is 13.1. The van der Waals surface area contributed by atoms with E-state index in [1.54, 1.807) is 31.2 Å². The Bertz CT molecular complexity index is 1260. The average molecular weight is 526 g/mol. The van der Waals surface area contributed by atoms with Gasteiger partial charge in [0.1, 0.15) is 18.0 Å². The molecular weight excluding hydrogens is 494 g/mol. The van der Waals surface area contributed by atoms with Crippen LogP contribution in [0.5, 0.6) is 11.5 Å². The summed E-state index contributed by atoms with van der Waals surface area (Å²) >= 11 is 0. The second-order valence-corrected chi connectivity index (χ2v) is 11.9. The molecule has 1 heterocycles. The molecule has 1 aliphatic heterocycles. The van der Waals surface area contributed by atoms with E-state index in [9.17, 15) is 21.6 Å². The number of nitrogens with one attached hydrogen (secondary N) is 1. The Hall–Kier alpha value is -2.83. The molecule has 1 aliphatic rings. The third kappa shape index (κ3) is 6.44. The minimum Gasteiger partial charge on any atom is -0.495 e. The summed E-state index contributed by atoms with van der Waals surface area (Å²) in [5, 5.41) is 2.61. The van der Waals surface area contributed by atoms with Crippen molar-refractivity contribution < 1.29 is 31.1 Å². The van der Waals surface area contributed by atoms with Gasteiger partial charge < -0.3 is 14.8 Å². The second kappa shape index (κ2) is 11.3. The van der Waals surface area contributed by atoms with Crippen LogP contribution in [0.3, 0.4) is 0 Å². The fraction of sp³-hybridized carbons (Fsp3) is 0.435. The summed E-state index contributed by atoms with van der Waals surface area (Å²) in [5.74, 6) is -0.107. The summed E-state index contributed by atoms with van der Waals surface area (Å²) in [5.41, 5.74) is 0.350. The van der Waals surface area contributed by atoms with Crippen molar-refractivity contribution in [3.8, 4) is 11.5 Å². The van der Waals surface area contributed by atoms with Gasteiger partial charge >= 0.3 is 0 Å². The first-order valence-corrected chi connectivity index (χ1v) is 14.5. The molecule has 35 heavy (non-hydrogen) atoms. The highest BCUT2D eigenvalue weighted by molar-refractivity contribution is 7.92. The minimum absolute atomic E-state index is 0.0251. The van der Waals surface area contributed by atoms with E-state index < -0.39 is 32.5 Å². The van der Waals surface area contributed by atoms with Crippen LogP contribution < -0.4 is 19.1 Å². The maximum Gasteiger partial charge on any atom is 0.245 e. The molecule has 0 spiro atoms. The van der Waals surface area contributed by atoms with E-state index in [4.69, 9.17) is 9.47 Å². The molecule has 3 rings (SSSR count). The highest BCUT2D eigenvalue weighted by Crippen LogP contribution is 2.32. The molecule has 0 atom stereocenters. The Morgan fingerprint density at radius 3 is 2.34 bits per heavy atom. The molecule has 1 saturated heterocycles. The fourth-order valence-corrected chi connectivity index (χ4v) is 6.25. The van der Waals surface area contributed by atoms with Gasteiger partial charge in [0, 0.05) is 13.1 Å². The van der Waals surface area contributed by atoms with Gasteiger partial charge in [-0.1, -0.05) is 18.6 Å². The summed E-state index contributed by atoms with van der Waals surface area (Å²) in [4.78, 5) is 13.0. The molecule has 192 valence electrons. The van der Waals surface area contributed by atoms with Gasteiger partial charge in [-0.2, -0.15) is 4.31 Å². The van der Waals surface area contributed by atoms with Crippen molar-refractivity contribution in [2.24, 2.45) is 0 Å². The Balaban J connectivity index is 1.88. The summed E-state index contributed by atoms with van der Waals surface area (Å²) in [7, 11) is -6.20. The van der Waals surface area contributed by atoms with Crippen molar-refractivity contribution in [1.29, 1.82) is 0 Å². The number of rotatable bonds is 10. The quantitative estimate of drug-likeness (QED) is 0.506. The standard InChI is InChI=1S/C23H31N3O7S2/c1-4-33-22-11-7-6-10-20(22)26(34(3,28)29)17-23(27)24-19-16-18(12-13-21(19)32-2)35(30,31)25-14-8-5-9-15-25/h6-7,10-13,16H,4-5,8-9,14-15,17H2,1-3H3,(H,24,27). The molecule has 0 unspecified atom stereocenters. The topological polar surface area (TPSA) is 122 Å². The van der Waals surface area contributed by atoms with E-state index in [0.717, 1.165) is 29.8 Å². The molecule has 1 fully saturated rings. The van der Waals surface area contributed by atoms with Crippen LogP contribution in [-0.2, 0) is 24.8 Å². The first-order valence-electron chi connectivity index (χ1n) is 11.3. The Kier molecular flexibility index (Phi) is 8.62. The third-order valence-electron chi connectivity index (χ3n) is 5.52. The van der Waals surface area contributed by atoms with Gasteiger partial charge in [0.2, 0.25) is 26.0 Å². The Morgan fingerprint density at radius 2 is 1.71 bits per heavy atom. The average Bonchev–Trinajstić information content (AvgIpc) is 2.83. The summed E-state index contributed by atoms with van der Waals surface area (Å²) in [6, 6.07) is 10.7. The van der Waals surface area contributed by atoms with Crippen molar-refractivity contribution in [1.82, 2.24) is 4.31 Å². The molecular formula is C23H31N3O7S2. The number of hydrogen-bond acceptors (Lipinski definition) is 7. The molecule has 0 aliphatic carbocycles. The summed E-state index contributed by atoms with van der Waals surface area (Å²) < 4.78 is 64.5. The van der Waals surface area contributed by atoms with Gasteiger partial charge in [0.15, 0.2) is 0 Å². The predicted molar refractivity (Wildman–Crippen MR) is 134 cm³/mol. The fourth-order valence-electron chi connectivity index (χ4n) is 3.84. The van der Waals surface area contributed by atoms with Crippen molar-refractivity contribution in [2.75, 3.05) is 49.2 Å². The molecule has 2 aromatic carbocycles. The maximum atomic E-state index is 13.1. The number of amides is 1. The largest absolute Gasteiger partial charge is 0.495 e. The van der Waals surface area contributed by atoms with Crippen LogP contribution in [-0.4, -0.2) is 66.7 Å². The first kappa shape index (κ1) is 26.8. The zero-order valence-corrected chi connectivity index (χ0v) is 21.7. The zero-order chi connectivity index (χ0) is 25.6. The number of benzene rings is 2. The summed E-state index contributed by atoms with van der Waals surface area (Å²) in [6.45, 7) is 2.42. The molecule has 2 aromatic rings. The van der Waals surface area contributed by atoms with Crippen LogP contribution in [0, 0.1) is 0 Å². The van der Waals surface area contributed by atoms with Crippen molar-refractivity contribution in [3.63, 3.8) is 0 Å². The molecule has 1 N–H and O–H groups in total. The van der Waals surface area contributed by atoms with Gasteiger partial charge in [-0.25, -0.2) is 16.8 Å². The minimum atomic E-state index is -3.85. The normalized spacial score (nSPS) is 14.8. The van der Waals surface area contributed by atoms with E-state index in [-0.39, 0.29) is 22.0 Å². The van der Waals surface area contributed by atoms with Gasteiger partial charge in [-0.3, -0.25) is 9.10 Å². The number of anilines is 2. The van der Waals surface area contributed by atoms with E-state index in [1.165, 1.54) is 29.6 Å². The Labute approximate surface area is 206 Å². The third-order valence-corrected chi connectivity index (χ3v) is 8.54. The number of carbonyl (C=O) groups is 1. The zero-order valence-electron chi connectivity index (χ0n) is 20.1. The molecule has 0 radical (unpaired) electrons. The van der Waals surface area contributed by atoms with E-state index >= 15 is 0 Å². The molecule has 0 bridgehead atoms. The van der Waals surface area contributed by atoms with E-state index in [2.05, 4.69) is 5.32 Å². The molecule has 1 amide bonds. The molecule has 10 nitrogen and oxygen atoms in total. The smallest absolute Gasteiger partial charge is 0.245 e. The monoisotopic (exact) mass is 525 g/mol. The lowest BCUT2D eigenvalue weighted by molar-refractivity contribution is -0.114. The van der Waals surface area contributed by atoms with Gasteiger partial charge in [-0.15, -0.1) is 0 Å². The number of nitrogens with zero attached hydrogens (tertiary/aromatic N) is 2. The SMILES string of the molecule is CCOc1ccccc1N(CC(=O)Nc1cc(S(=O)(=O)N2CCCCC2)ccc1OC)S(C)(=O)=O. The number of carbonyl (C=O) groups excluding carboxylic acids is 1. The van der Waals surface area contributed by atoms with Crippen molar-refractivity contribution >= 4 is 37.3 Å². The molecule has 0 saturated carbocycles. The number of piperidine rings is 1. The van der Waals surface area contributed by atoms with E-state index in [0.29, 0.717) is 25.4 Å². The number of ether oxygens (including phenoxy) is 2. The number of para-hydroxylation sites is 2. The van der Waals surface area contributed by atoms with Crippen LogP contribution in [0.2, 0.25) is 0 Å².